The van der Waals surface area contributed by atoms with Crippen molar-refractivity contribution in [1.82, 2.24) is 15.0 Å². The Balaban J connectivity index is 1.52. The van der Waals surface area contributed by atoms with E-state index < -0.39 is 4.92 Å². The Hall–Kier alpha value is -5.07. The molecule has 13 heteroatoms. The van der Waals surface area contributed by atoms with Crippen molar-refractivity contribution in [2.45, 2.75) is 0 Å². The Labute approximate surface area is 204 Å². The van der Waals surface area contributed by atoms with Crippen LogP contribution in [0.3, 0.4) is 0 Å². The maximum atomic E-state index is 13.2. The van der Waals surface area contributed by atoms with Crippen LogP contribution in [0.5, 0.6) is 5.75 Å². The Morgan fingerprint density at radius 2 is 1.83 bits per heavy atom. The lowest BCUT2D eigenvalue weighted by molar-refractivity contribution is -0.384. The summed E-state index contributed by atoms with van der Waals surface area (Å²) in [7, 11) is 4.97. The molecule has 0 amide bonds. The second-order valence-electron chi connectivity index (χ2n) is 7.52. The van der Waals surface area contributed by atoms with Crippen molar-refractivity contribution in [2.24, 2.45) is 5.10 Å². The monoisotopic (exact) mass is 492 g/mol. The normalized spacial score (nSPS) is 10.9. The first kappa shape index (κ1) is 24.1. The third kappa shape index (κ3) is 5.70. The van der Waals surface area contributed by atoms with Crippen LogP contribution < -0.4 is 20.4 Å². The van der Waals surface area contributed by atoms with E-state index in [0.717, 1.165) is 0 Å². The van der Waals surface area contributed by atoms with Gasteiger partial charge in [0, 0.05) is 19.8 Å². The molecule has 0 aliphatic heterocycles. The summed E-state index contributed by atoms with van der Waals surface area (Å²) in [6, 6.07) is 13.5. The van der Waals surface area contributed by atoms with Crippen molar-refractivity contribution >= 4 is 35.4 Å². The summed E-state index contributed by atoms with van der Waals surface area (Å²) in [5.41, 5.74) is 3.47. The van der Waals surface area contributed by atoms with Gasteiger partial charge in [0.05, 0.1) is 29.9 Å². The van der Waals surface area contributed by atoms with Crippen LogP contribution in [0.2, 0.25) is 0 Å². The number of nitrogens with zero attached hydrogens (tertiary/aromatic N) is 6. The molecule has 4 rings (SSSR count). The summed E-state index contributed by atoms with van der Waals surface area (Å²) < 4.78 is 23.9. The van der Waals surface area contributed by atoms with Crippen LogP contribution in [-0.4, -0.2) is 47.3 Å². The highest BCUT2D eigenvalue weighted by molar-refractivity contribution is 5.79. The topological polar surface area (TPSA) is 144 Å². The molecule has 0 spiro atoms. The number of rotatable bonds is 9. The number of anilines is 4. The number of methoxy groups -OCH3 is 1. The zero-order valence-corrected chi connectivity index (χ0v) is 19.5. The molecule has 12 nitrogen and oxygen atoms in total. The number of halogens is 1. The van der Waals surface area contributed by atoms with Gasteiger partial charge in [0.25, 0.3) is 5.69 Å². The molecule has 0 aliphatic carbocycles. The third-order valence-corrected chi connectivity index (χ3v) is 4.77. The number of hydrazone groups is 1. The molecule has 0 unspecified atom stereocenters. The third-order valence-electron chi connectivity index (χ3n) is 4.77. The van der Waals surface area contributed by atoms with Crippen molar-refractivity contribution in [3.63, 3.8) is 0 Å². The molecule has 2 N–H and O–H groups in total. The number of furan rings is 1. The van der Waals surface area contributed by atoms with Crippen LogP contribution in [0.4, 0.5) is 33.6 Å². The van der Waals surface area contributed by atoms with E-state index in [1.54, 1.807) is 55.4 Å². The van der Waals surface area contributed by atoms with Crippen LogP contribution in [0, 0.1) is 15.9 Å². The second-order valence-corrected chi connectivity index (χ2v) is 7.52. The van der Waals surface area contributed by atoms with Crippen molar-refractivity contribution in [2.75, 3.05) is 36.8 Å². The highest BCUT2D eigenvalue weighted by Crippen LogP contribution is 2.34. The van der Waals surface area contributed by atoms with Crippen LogP contribution >= 0.6 is 0 Å². The fraction of sp³-hybridized carbons (Fsp3) is 0.130. The highest BCUT2D eigenvalue weighted by Gasteiger charge is 2.19. The first-order valence-electron chi connectivity index (χ1n) is 10.5. The maximum absolute atomic E-state index is 13.2. The fourth-order valence-corrected chi connectivity index (χ4v) is 3.05. The summed E-state index contributed by atoms with van der Waals surface area (Å²) in [5.74, 6) is 1.38. The van der Waals surface area contributed by atoms with E-state index in [2.05, 4.69) is 30.8 Å². The zero-order chi connectivity index (χ0) is 25.7. The second kappa shape index (κ2) is 10.5. The van der Waals surface area contributed by atoms with E-state index in [1.165, 1.54) is 31.5 Å². The number of hydrogen-bond donors (Lipinski definition) is 2. The van der Waals surface area contributed by atoms with Gasteiger partial charge in [-0.05, 0) is 48.5 Å². The van der Waals surface area contributed by atoms with Crippen LogP contribution in [0.1, 0.15) is 5.76 Å². The SMILES string of the molecule is COc1ccc(-c2ccc(/C=N/Nc3nc(Nc4ccc(F)cc4)nc(N(C)C)n3)o2)c([N+](=O)[O-])c1. The maximum Gasteiger partial charge on any atom is 0.284 e. The molecule has 0 saturated heterocycles. The van der Waals surface area contributed by atoms with Crippen LogP contribution in [0.25, 0.3) is 11.3 Å². The van der Waals surface area contributed by atoms with Gasteiger partial charge in [0.15, 0.2) is 0 Å². The summed E-state index contributed by atoms with van der Waals surface area (Å²) >= 11 is 0. The molecular weight excluding hydrogens is 471 g/mol. The predicted octanol–water partition coefficient (Wildman–Crippen LogP) is 4.44. The molecule has 2 aromatic heterocycles. The van der Waals surface area contributed by atoms with Crippen molar-refractivity contribution < 1.29 is 18.5 Å². The van der Waals surface area contributed by atoms with Gasteiger partial charge in [-0.2, -0.15) is 20.1 Å². The average molecular weight is 492 g/mol. The molecule has 0 atom stereocenters. The number of nitro benzene ring substituents is 1. The van der Waals surface area contributed by atoms with E-state index >= 15 is 0 Å². The molecule has 2 aromatic carbocycles. The van der Waals surface area contributed by atoms with Crippen LogP contribution in [-0.2, 0) is 0 Å². The van der Waals surface area contributed by atoms with Gasteiger partial charge >= 0.3 is 0 Å². The van der Waals surface area contributed by atoms with Gasteiger partial charge in [-0.25, -0.2) is 9.82 Å². The van der Waals surface area contributed by atoms with Gasteiger partial charge in [0.1, 0.15) is 23.1 Å². The van der Waals surface area contributed by atoms with Crippen LogP contribution in [0.15, 0.2) is 64.1 Å². The largest absolute Gasteiger partial charge is 0.497 e. The van der Waals surface area contributed by atoms with Gasteiger partial charge in [0.2, 0.25) is 17.8 Å². The Bertz CT molecular complexity index is 1410. The Morgan fingerprint density at radius 3 is 2.53 bits per heavy atom. The summed E-state index contributed by atoms with van der Waals surface area (Å²) in [5, 5.41) is 18.5. The van der Waals surface area contributed by atoms with E-state index in [1.807, 2.05) is 0 Å². The first-order valence-corrected chi connectivity index (χ1v) is 10.5. The lowest BCUT2D eigenvalue weighted by Gasteiger charge is -2.13. The molecule has 2 heterocycles. The Morgan fingerprint density at radius 1 is 1.08 bits per heavy atom. The number of nitrogens with one attached hydrogen (secondary N) is 2. The lowest BCUT2D eigenvalue weighted by Crippen LogP contribution is -2.15. The molecule has 0 saturated carbocycles. The van der Waals surface area contributed by atoms with Crippen molar-refractivity contribution in [3.8, 4) is 17.1 Å². The summed E-state index contributed by atoms with van der Waals surface area (Å²) in [6.07, 6.45) is 1.38. The average Bonchev–Trinajstić information content (AvgIpc) is 3.33. The van der Waals surface area contributed by atoms with E-state index in [9.17, 15) is 14.5 Å². The quantitative estimate of drug-likeness (QED) is 0.195. The van der Waals surface area contributed by atoms with E-state index in [-0.39, 0.29) is 23.4 Å². The minimum atomic E-state index is -0.504. The van der Waals surface area contributed by atoms with E-state index in [4.69, 9.17) is 9.15 Å². The highest BCUT2D eigenvalue weighted by atomic mass is 19.1. The molecule has 0 aliphatic rings. The Kier molecular flexibility index (Phi) is 6.99. The van der Waals surface area contributed by atoms with Gasteiger partial charge in [-0.3, -0.25) is 10.1 Å². The van der Waals surface area contributed by atoms with E-state index in [0.29, 0.717) is 34.5 Å². The molecular formula is C23H21FN8O4. The first-order chi connectivity index (χ1) is 17.3. The number of aromatic nitrogens is 3. The smallest absolute Gasteiger partial charge is 0.284 e. The van der Waals surface area contributed by atoms with Gasteiger partial charge in [-0.15, -0.1) is 0 Å². The minimum Gasteiger partial charge on any atom is -0.497 e. The minimum absolute atomic E-state index is 0.145. The molecule has 184 valence electrons. The van der Waals surface area contributed by atoms with Crippen molar-refractivity contribution in [3.05, 3.63) is 76.3 Å². The molecule has 4 aromatic rings. The van der Waals surface area contributed by atoms with Crippen molar-refractivity contribution in [1.29, 1.82) is 0 Å². The predicted molar refractivity (Wildman–Crippen MR) is 132 cm³/mol. The fourth-order valence-electron chi connectivity index (χ4n) is 3.05. The molecule has 36 heavy (non-hydrogen) atoms. The molecule has 0 fully saturated rings. The molecule has 0 bridgehead atoms. The standard InChI is InChI=1S/C23H21FN8O4/c1-31(2)23-28-21(26-15-6-4-14(24)5-7-15)27-22(29-23)30-25-13-17-9-11-20(36-17)18-10-8-16(35-3)12-19(18)32(33)34/h4-13H,1-3H3,(H2,26,27,28,29,30)/b25-13+. The lowest BCUT2D eigenvalue weighted by atomic mass is 10.1. The molecule has 0 radical (unpaired) electrons. The number of benzene rings is 2. The van der Waals surface area contributed by atoms with Gasteiger partial charge in [-0.1, -0.05) is 0 Å². The summed E-state index contributed by atoms with van der Waals surface area (Å²) in [4.78, 5) is 25.5. The zero-order valence-electron chi connectivity index (χ0n) is 19.5. The van der Waals surface area contributed by atoms with Gasteiger partial charge < -0.3 is 19.4 Å². The number of nitro groups is 1. The number of ether oxygens (including phenoxy) is 1. The summed E-state index contributed by atoms with van der Waals surface area (Å²) in [6.45, 7) is 0. The number of hydrogen-bond acceptors (Lipinski definition) is 11.